The molecule has 0 aromatic heterocycles. The third-order valence-electron chi connectivity index (χ3n) is 3.93. The van der Waals surface area contributed by atoms with Gasteiger partial charge in [-0.3, -0.25) is 4.79 Å². The quantitative estimate of drug-likeness (QED) is 0.659. The van der Waals surface area contributed by atoms with E-state index in [1.807, 2.05) is 0 Å². The summed E-state index contributed by atoms with van der Waals surface area (Å²) in [7, 11) is -3.64. The van der Waals surface area contributed by atoms with Crippen molar-refractivity contribution in [2.75, 3.05) is 6.54 Å². The van der Waals surface area contributed by atoms with Crippen LogP contribution < -0.4 is 15.8 Å². The van der Waals surface area contributed by atoms with E-state index in [1.165, 1.54) is 18.2 Å². The summed E-state index contributed by atoms with van der Waals surface area (Å²) in [5, 5.41) is 2.95. The van der Waals surface area contributed by atoms with Gasteiger partial charge < -0.3 is 11.1 Å². The first-order valence-corrected chi connectivity index (χ1v) is 9.18. The van der Waals surface area contributed by atoms with Crippen LogP contribution >= 0.6 is 12.4 Å². The standard InChI is InChI=1S/C16H23N3O3S.ClH/c1-2-10-18-23(21,22)15-5-3-4-12(11-15)16(20)19-14-8-6-13(17)7-9-14;/h2-5,11,13-14,18H,1,6-10,17H2,(H,19,20);1H. The fraction of sp³-hybridized carbons (Fsp3) is 0.438. The van der Waals surface area contributed by atoms with Crippen molar-refractivity contribution in [1.82, 2.24) is 10.0 Å². The van der Waals surface area contributed by atoms with Crippen molar-refractivity contribution in [3.05, 3.63) is 42.5 Å². The van der Waals surface area contributed by atoms with Crippen LogP contribution in [0.25, 0.3) is 0 Å². The highest BCUT2D eigenvalue weighted by atomic mass is 35.5. The molecule has 0 aliphatic heterocycles. The molecule has 1 saturated carbocycles. The number of hydrogen-bond donors (Lipinski definition) is 3. The van der Waals surface area contributed by atoms with Gasteiger partial charge in [-0.2, -0.15) is 0 Å². The largest absolute Gasteiger partial charge is 0.349 e. The second-order valence-electron chi connectivity index (χ2n) is 5.75. The monoisotopic (exact) mass is 373 g/mol. The lowest BCUT2D eigenvalue weighted by atomic mass is 9.91. The van der Waals surface area contributed by atoms with E-state index < -0.39 is 10.0 Å². The zero-order chi connectivity index (χ0) is 16.9. The smallest absolute Gasteiger partial charge is 0.251 e. The Kier molecular flexibility index (Phi) is 7.89. The van der Waals surface area contributed by atoms with Crippen molar-refractivity contribution in [3.63, 3.8) is 0 Å². The predicted octanol–water partition coefficient (Wildman–Crippen LogP) is 1.57. The molecule has 2 rings (SSSR count). The summed E-state index contributed by atoms with van der Waals surface area (Å²) in [6, 6.07) is 6.33. The summed E-state index contributed by atoms with van der Waals surface area (Å²) in [6.07, 6.45) is 4.95. The number of nitrogens with one attached hydrogen (secondary N) is 2. The maximum absolute atomic E-state index is 12.3. The van der Waals surface area contributed by atoms with E-state index in [1.54, 1.807) is 12.1 Å². The van der Waals surface area contributed by atoms with E-state index >= 15 is 0 Å². The second-order valence-corrected chi connectivity index (χ2v) is 7.52. The lowest BCUT2D eigenvalue weighted by Crippen LogP contribution is -2.40. The van der Waals surface area contributed by atoms with Crippen molar-refractivity contribution in [3.8, 4) is 0 Å². The molecule has 0 bridgehead atoms. The van der Waals surface area contributed by atoms with Gasteiger partial charge in [0, 0.05) is 24.2 Å². The van der Waals surface area contributed by atoms with Crippen LogP contribution in [-0.4, -0.2) is 33.0 Å². The Morgan fingerprint density at radius 2 is 1.96 bits per heavy atom. The summed E-state index contributed by atoms with van der Waals surface area (Å²) >= 11 is 0. The Morgan fingerprint density at radius 1 is 1.29 bits per heavy atom. The summed E-state index contributed by atoms with van der Waals surface area (Å²) in [5.74, 6) is -0.258. The molecule has 1 aliphatic carbocycles. The summed E-state index contributed by atoms with van der Waals surface area (Å²) < 4.78 is 26.6. The predicted molar refractivity (Wildman–Crippen MR) is 96.8 cm³/mol. The van der Waals surface area contributed by atoms with Gasteiger partial charge in [-0.15, -0.1) is 19.0 Å². The van der Waals surface area contributed by atoms with E-state index in [2.05, 4.69) is 16.6 Å². The molecule has 134 valence electrons. The molecular formula is C16H24ClN3O3S. The van der Waals surface area contributed by atoms with Gasteiger partial charge in [0.1, 0.15) is 0 Å². The summed E-state index contributed by atoms with van der Waals surface area (Å²) in [5.41, 5.74) is 6.19. The van der Waals surface area contributed by atoms with Crippen LogP contribution in [0.3, 0.4) is 0 Å². The Balaban J connectivity index is 0.00000288. The van der Waals surface area contributed by atoms with Gasteiger partial charge in [0.15, 0.2) is 0 Å². The number of benzene rings is 1. The van der Waals surface area contributed by atoms with Gasteiger partial charge in [0.05, 0.1) is 4.90 Å². The Bertz CT molecular complexity index is 671. The highest BCUT2D eigenvalue weighted by Crippen LogP contribution is 2.18. The van der Waals surface area contributed by atoms with Crippen LogP contribution in [0.4, 0.5) is 0 Å². The Morgan fingerprint density at radius 3 is 2.58 bits per heavy atom. The van der Waals surface area contributed by atoms with Crippen molar-refractivity contribution in [2.45, 2.75) is 42.7 Å². The van der Waals surface area contributed by atoms with Gasteiger partial charge in [0.2, 0.25) is 10.0 Å². The van der Waals surface area contributed by atoms with Crippen LogP contribution in [0, 0.1) is 0 Å². The van der Waals surface area contributed by atoms with E-state index in [0.717, 1.165) is 25.7 Å². The number of amides is 1. The third kappa shape index (κ3) is 5.59. The van der Waals surface area contributed by atoms with Gasteiger partial charge in [-0.05, 0) is 43.9 Å². The highest BCUT2D eigenvalue weighted by molar-refractivity contribution is 7.89. The number of sulfonamides is 1. The van der Waals surface area contributed by atoms with Gasteiger partial charge >= 0.3 is 0 Å². The van der Waals surface area contributed by atoms with E-state index in [0.29, 0.717) is 5.56 Å². The number of halogens is 1. The lowest BCUT2D eigenvalue weighted by molar-refractivity contribution is 0.0925. The van der Waals surface area contributed by atoms with Crippen molar-refractivity contribution < 1.29 is 13.2 Å². The van der Waals surface area contributed by atoms with E-state index in [9.17, 15) is 13.2 Å². The molecular weight excluding hydrogens is 350 g/mol. The molecule has 4 N–H and O–H groups in total. The molecule has 1 aliphatic rings. The molecule has 6 nitrogen and oxygen atoms in total. The first kappa shape index (κ1) is 20.6. The SMILES string of the molecule is C=CCNS(=O)(=O)c1cccc(C(=O)NC2CCC(N)CC2)c1.Cl. The van der Waals surface area contributed by atoms with Crippen molar-refractivity contribution >= 4 is 28.3 Å². The van der Waals surface area contributed by atoms with Crippen LogP contribution in [0.1, 0.15) is 36.0 Å². The molecule has 1 aromatic carbocycles. The van der Waals surface area contributed by atoms with Gasteiger partial charge in [-0.25, -0.2) is 13.1 Å². The van der Waals surface area contributed by atoms with Gasteiger partial charge in [0.25, 0.3) is 5.91 Å². The normalized spacial score (nSPS) is 20.7. The first-order valence-electron chi connectivity index (χ1n) is 7.69. The zero-order valence-electron chi connectivity index (χ0n) is 13.4. The molecule has 0 saturated heterocycles. The number of carbonyl (C=O) groups excluding carboxylic acids is 1. The molecule has 0 atom stereocenters. The molecule has 1 aromatic rings. The molecule has 0 radical (unpaired) electrons. The van der Waals surface area contributed by atoms with Gasteiger partial charge in [-0.1, -0.05) is 12.1 Å². The maximum Gasteiger partial charge on any atom is 0.251 e. The second kappa shape index (κ2) is 9.17. The topological polar surface area (TPSA) is 101 Å². The number of rotatable bonds is 6. The van der Waals surface area contributed by atoms with Crippen LogP contribution in [-0.2, 0) is 10.0 Å². The van der Waals surface area contributed by atoms with Crippen molar-refractivity contribution in [2.24, 2.45) is 5.73 Å². The van der Waals surface area contributed by atoms with Crippen LogP contribution in [0.5, 0.6) is 0 Å². The average molecular weight is 374 g/mol. The molecule has 8 heteroatoms. The first-order chi connectivity index (χ1) is 10.9. The molecule has 24 heavy (non-hydrogen) atoms. The fourth-order valence-electron chi connectivity index (χ4n) is 2.59. The van der Waals surface area contributed by atoms with Crippen molar-refractivity contribution in [1.29, 1.82) is 0 Å². The number of hydrogen-bond acceptors (Lipinski definition) is 4. The molecule has 1 fully saturated rings. The minimum atomic E-state index is -3.64. The maximum atomic E-state index is 12.3. The molecule has 0 spiro atoms. The summed E-state index contributed by atoms with van der Waals surface area (Å²) in [6.45, 7) is 3.61. The number of carbonyl (C=O) groups is 1. The van der Waals surface area contributed by atoms with Crippen LogP contribution in [0.2, 0.25) is 0 Å². The molecule has 1 amide bonds. The average Bonchev–Trinajstić information content (AvgIpc) is 2.55. The zero-order valence-corrected chi connectivity index (χ0v) is 15.0. The number of nitrogens with two attached hydrogens (primary N) is 1. The Labute approximate surface area is 149 Å². The Hall–Kier alpha value is -1.41. The fourth-order valence-corrected chi connectivity index (χ4v) is 3.63. The molecule has 0 unspecified atom stereocenters. The van der Waals surface area contributed by atoms with E-state index in [4.69, 9.17) is 5.73 Å². The highest BCUT2D eigenvalue weighted by Gasteiger charge is 2.21. The lowest BCUT2D eigenvalue weighted by Gasteiger charge is -2.26. The minimum absolute atomic E-state index is 0. The van der Waals surface area contributed by atoms with Crippen LogP contribution in [0.15, 0.2) is 41.8 Å². The molecule has 0 heterocycles. The summed E-state index contributed by atoms with van der Waals surface area (Å²) in [4.78, 5) is 12.4. The third-order valence-corrected chi connectivity index (χ3v) is 5.35. The van der Waals surface area contributed by atoms with E-state index in [-0.39, 0.29) is 41.8 Å². The minimum Gasteiger partial charge on any atom is -0.349 e.